The third-order valence-electron chi connectivity index (χ3n) is 3.65. The molecule has 4 aromatic rings. The molecule has 0 aliphatic heterocycles. The second kappa shape index (κ2) is 5.96. The Labute approximate surface area is 136 Å². The summed E-state index contributed by atoms with van der Waals surface area (Å²) in [4.78, 5) is 23.6. The number of carbonyl (C=O) groups is 1. The van der Waals surface area contributed by atoms with Crippen LogP contribution in [0.3, 0.4) is 0 Å². The Morgan fingerprint density at radius 2 is 2.17 bits per heavy atom. The Morgan fingerprint density at radius 3 is 3.04 bits per heavy atom. The van der Waals surface area contributed by atoms with Crippen LogP contribution in [0.1, 0.15) is 5.56 Å². The first kappa shape index (κ1) is 14.1. The molecule has 24 heavy (non-hydrogen) atoms. The maximum atomic E-state index is 12.3. The van der Waals surface area contributed by atoms with E-state index < -0.39 is 0 Å². The molecular weight excluding hydrogens is 306 g/mol. The van der Waals surface area contributed by atoms with Crippen LogP contribution in [0.5, 0.6) is 0 Å². The second-order valence-corrected chi connectivity index (χ2v) is 5.27. The molecule has 0 radical (unpaired) electrons. The average molecular weight is 319 g/mol. The largest absolute Gasteiger partial charge is 0.346 e. The Hall–Kier alpha value is -3.48. The number of amides is 1. The number of benzene rings is 1. The van der Waals surface area contributed by atoms with Crippen molar-refractivity contribution >= 4 is 22.6 Å². The molecule has 3 heterocycles. The molecule has 0 aliphatic carbocycles. The van der Waals surface area contributed by atoms with Crippen molar-refractivity contribution < 1.29 is 9.32 Å². The molecule has 3 aromatic heterocycles. The van der Waals surface area contributed by atoms with E-state index >= 15 is 0 Å². The van der Waals surface area contributed by atoms with Crippen LogP contribution in [0.15, 0.2) is 59.7 Å². The first-order chi connectivity index (χ1) is 11.8. The summed E-state index contributed by atoms with van der Waals surface area (Å²) in [5.41, 5.74) is 3.14. The maximum Gasteiger partial charge on any atom is 0.228 e. The van der Waals surface area contributed by atoms with Crippen LogP contribution in [-0.4, -0.2) is 26.0 Å². The zero-order valence-corrected chi connectivity index (χ0v) is 12.6. The molecule has 7 heteroatoms. The number of fused-ring (bicyclic) bond motifs is 1. The number of carbonyl (C=O) groups excluding carboxylic acids is 1. The van der Waals surface area contributed by atoms with Gasteiger partial charge in [-0.05, 0) is 29.8 Å². The lowest BCUT2D eigenvalue weighted by molar-refractivity contribution is -0.115. The van der Waals surface area contributed by atoms with Gasteiger partial charge in [-0.15, -0.1) is 0 Å². The van der Waals surface area contributed by atoms with E-state index in [-0.39, 0.29) is 12.3 Å². The van der Waals surface area contributed by atoms with Gasteiger partial charge in [0.05, 0.1) is 6.42 Å². The van der Waals surface area contributed by atoms with E-state index in [0.717, 1.165) is 22.2 Å². The summed E-state index contributed by atoms with van der Waals surface area (Å²) in [6, 6.07) is 11.1. The fourth-order valence-corrected chi connectivity index (χ4v) is 2.57. The molecule has 0 aliphatic rings. The molecule has 0 unspecified atom stereocenters. The highest BCUT2D eigenvalue weighted by Crippen LogP contribution is 2.20. The summed E-state index contributed by atoms with van der Waals surface area (Å²) in [7, 11) is 0. The number of aromatic amines is 1. The van der Waals surface area contributed by atoms with Crippen molar-refractivity contribution in [2.24, 2.45) is 0 Å². The summed E-state index contributed by atoms with van der Waals surface area (Å²) in [6.07, 6.45) is 5.06. The number of anilines is 1. The lowest BCUT2D eigenvalue weighted by atomic mass is 10.1. The van der Waals surface area contributed by atoms with Crippen LogP contribution in [0, 0.1) is 0 Å². The van der Waals surface area contributed by atoms with Crippen LogP contribution in [0.2, 0.25) is 0 Å². The van der Waals surface area contributed by atoms with Crippen molar-refractivity contribution in [2.75, 3.05) is 5.32 Å². The van der Waals surface area contributed by atoms with E-state index in [1.54, 1.807) is 12.3 Å². The van der Waals surface area contributed by atoms with E-state index in [0.29, 0.717) is 11.5 Å². The zero-order chi connectivity index (χ0) is 16.4. The van der Waals surface area contributed by atoms with Gasteiger partial charge in [0.1, 0.15) is 5.65 Å². The molecule has 2 N–H and O–H groups in total. The molecular formula is C17H13N5O2. The van der Waals surface area contributed by atoms with E-state index in [1.807, 2.05) is 36.5 Å². The molecule has 1 amide bonds. The van der Waals surface area contributed by atoms with Crippen LogP contribution in [0.25, 0.3) is 22.4 Å². The van der Waals surface area contributed by atoms with E-state index in [9.17, 15) is 4.79 Å². The quantitative estimate of drug-likeness (QED) is 0.603. The van der Waals surface area contributed by atoms with Crippen molar-refractivity contribution in [1.29, 1.82) is 0 Å². The third-order valence-corrected chi connectivity index (χ3v) is 3.65. The number of hydrogen-bond donors (Lipinski definition) is 2. The fraction of sp³-hybridized carbons (Fsp3) is 0.0588. The molecule has 0 bridgehead atoms. The summed E-state index contributed by atoms with van der Waals surface area (Å²) < 4.78 is 4.74. The minimum atomic E-state index is -0.106. The number of H-pyrrole nitrogens is 1. The van der Waals surface area contributed by atoms with Crippen molar-refractivity contribution in [3.8, 4) is 11.4 Å². The van der Waals surface area contributed by atoms with Crippen LogP contribution in [-0.2, 0) is 11.2 Å². The number of aromatic nitrogens is 4. The first-order valence-corrected chi connectivity index (χ1v) is 7.37. The highest BCUT2D eigenvalue weighted by atomic mass is 16.5. The van der Waals surface area contributed by atoms with Crippen LogP contribution in [0.4, 0.5) is 5.69 Å². The normalized spacial score (nSPS) is 10.8. The summed E-state index contributed by atoms with van der Waals surface area (Å²) in [5.74, 6) is 0.374. The van der Waals surface area contributed by atoms with E-state index in [4.69, 9.17) is 4.52 Å². The standard InChI is InChI=1S/C17H13N5O2/c23-15(8-12-9-19-17-14(12)5-2-6-18-17)21-13-4-1-3-11(7-13)16-20-10-24-22-16/h1-7,9-10H,8H2,(H,18,19)(H,21,23). The SMILES string of the molecule is O=C(Cc1c[nH]c2ncccc12)Nc1cccc(-c2ncon2)c1. The molecule has 0 spiro atoms. The Balaban J connectivity index is 1.51. The average Bonchev–Trinajstić information content (AvgIpc) is 3.26. The highest BCUT2D eigenvalue weighted by molar-refractivity contribution is 5.95. The summed E-state index contributed by atoms with van der Waals surface area (Å²) in [6.45, 7) is 0. The fourth-order valence-electron chi connectivity index (χ4n) is 2.57. The van der Waals surface area contributed by atoms with Gasteiger partial charge in [0.2, 0.25) is 18.1 Å². The predicted molar refractivity (Wildman–Crippen MR) is 88.2 cm³/mol. The van der Waals surface area contributed by atoms with Gasteiger partial charge in [-0.3, -0.25) is 4.79 Å². The molecule has 1 aromatic carbocycles. The Kier molecular flexibility index (Phi) is 3.51. The van der Waals surface area contributed by atoms with E-state index in [2.05, 4.69) is 25.4 Å². The Morgan fingerprint density at radius 1 is 1.21 bits per heavy atom. The number of pyridine rings is 1. The van der Waals surface area contributed by atoms with Gasteiger partial charge in [-0.1, -0.05) is 17.3 Å². The minimum Gasteiger partial charge on any atom is -0.346 e. The maximum absolute atomic E-state index is 12.3. The topological polar surface area (TPSA) is 96.7 Å². The third kappa shape index (κ3) is 2.74. The van der Waals surface area contributed by atoms with Crippen LogP contribution < -0.4 is 5.32 Å². The first-order valence-electron chi connectivity index (χ1n) is 7.37. The Bertz CT molecular complexity index is 991. The highest BCUT2D eigenvalue weighted by Gasteiger charge is 2.10. The molecule has 0 saturated carbocycles. The number of nitrogens with zero attached hydrogens (tertiary/aromatic N) is 3. The monoisotopic (exact) mass is 319 g/mol. The van der Waals surface area contributed by atoms with Crippen molar-refractivity contribution in [1.82, 2.24) is 20.1 Å². The molecule has 118 valence electrons. The van der Waals surface area contributed by atoms with Gasteiger partial charge in [0, 0.05) is 29.0 Å². The number of hydrogen-bond acceptors (Lipinski definition) is 5. The van der Waals surface area contributed by atoms with Crippen molar-refractivity contribution in [3.05, 3.63) is 60.7 Å². The number of nitrogens with one attached hydrogen (secondary N) is 2. The smallest absolute Gasteiger partial charge is 0.228 e. The lowest BCUT2D eigenvalue weighted by Gasteiger charge is -2.06. The van der Waals surface area contributed by atoms with Gasteiger partial charge >= 0.3 is 0 Å². The molecule has 0 fully saturated rings. The van der Waals surface area contributed by atoms with Gasteiger partial charge in [0.15, 0.2) is 0 Å². The molecule has 0 saturated heterocycles. The molecule has 7 nitrogen and oxygen atoms in total. The van der Waals surface area contributed by atoms with Gasteiger partial charge in [-0.25, -0.2) is 4.98 Å². The minimum absolute atomic E-state index is 0.106. The predicted octanol–water partition coefficient (Wildman–Crippen LogP) is 2.79. The number of rotatable bonds is 4. The zero-order valence-electron chi connectivity index (χ0n) is 12.6. The molecule has 0 atom stereocenters. The second-order valence-electron chi connectivity index (χ2n) is 5.27. The van der Waals surface area contributed by atoms with Gasteiger partial charge < -0.3 is 14.8 Å². The lowest BCUT2D eigenvalue weighted by Crippen LogP contribution is -2.14. The molecule has 4 rings (SSSR count). The van der Waals surface area contributed by atoms with Crippen LogP contribution >= 0.6 is 0 Å². The van der Waals surface area contributed by atoms with Gasteiger partial charge in [0.25, 0.3) is 0 Å². The van der Waals surface area contributed by atoms with Crippen molar-refractivity contribution in [3.63, 3.8) is 0 Å². The summed E-state index contributed by atoms with van der Waals surface area (Å²) >= 11 is 0. The summed E-state index contributed by atoms with van der Waals surface area (Å²) in [5, 5.41) is 7.63. The van der Waals surface area contributed by atoms with Crippen molar-refractivity contribution in [2.45, 2.75) is 6.42 Å². The van der Waals surface area contributed by atoms with E-state index in [1.165, 1.54) is 6.39 Å². The van der Waals surface area contributed by atoms with Gasteiger partial charge in [-0.2, -0.15) is 4.98 Å².